The fourth-order valence-electron chi connectivity index (χ4n) is 4.77. The lowest BCUT2D eigenvalue weighted by atomic mass is 9.62. The molecule has 3 aliphatic rings. The van der Waals surface area contributed by atoms with Gasteiger partial charge in [0.1, 0.15) is 0 Å². The molecule has 3 unspecified atom stereocenters. The van der Waals surface area contributed by atoms with Crippen molar-refractivity contribution >= 4 is 0 Å². The van der Waals surface area contributed by atoms with Crippen molar-refractivity contribution in [2.24, 2.45) is 11.8 Å². The predicted octanol–water partition coefficient (Wildman–Crippen LogP) is 4.17. The lowest BCUT2D eigenvalue weighted by Gasteiger charge is -2.41. The predicted molar refractivity (Wildman–Crippen MR) is 71.1 cm³/mol. The van der Waals surface area contributed by atoms with E-state index in [1.807, 2.05) is 0 Å². The van der Waals surface area contributed by atoms with Gasteiger partial charge < -0.3 is 0 Å². The maximum atomic E-state index is 2.52. The van der Waals surface area contributed by atoms with E-state index >= 15 is 0 Å². The van der Waals surface area contributed by atoms with E-state index < -0.39 is 0 Å². The molecule has 88 valence electrons. The number of fused-ring (bicyclic) bond motifs is 5. The summed E-state index contributed by atoms with van der Waals surface area (Å²) in [6, 6.07) is 6.99. The maximum Gasteiger partial charge on any atom is 0.00244 e. The molecule has 0 heterocycles. The molecule has 1 spiro atoms. The molecule has 0 radical (unpaired) electrons. The Balaban J connectivity index is 1.91. The van der Waals surface area contributed by atoms with Crippen molar-refractivity contribution in [3.05, 3.63) is 47.0 Å². The van der Waals surface area contributed by atoms with E-state index in [1.165, 1.54) is 37.7 Å². The van der Waals surface area contributed by atoms with E-state index in [9.17, 15) is 0 Å². The summed E-state index contributed by atoms with van der Waals surface area (Å²) in [6.07, 6.45) is 12.0. The molecule has 0 aliphatic heterocycles. The van der Waals surface area contributed by atoms with E-state index in [4.69, 9.17) is 0 Å². The van der Waals surface area contributed by atoms with Gasteiger partial charge in [-0.25, -0.2) is 0 Å². The molecule has 0 saturated heterocycles. The molecule has 17 heavy (non-hydrogen) atoms. The summed E-state index contributed by atoms with van der Waals surface area (Å²) in [4.78, 5) is 0. The summed E-state index contributed by atoms with van der Waals surface area (Å²) in [5.41, 5.74) is 5.44. The molecule has 1 aromatic rings. The largest absolute Gasteiger partial charge is 0.0851 e. The second-order valence-electron chi connectivity index (χ2n) is 6.30. The molecule has 3 atom stereocenters. The van der Waals surface area contributed by atoms with Crippen molar-refractivity contribution in [2.75, 3.05) is 0 Å². The number of benzene rings is 1. The van der Waals surface area contributed by atoms with Crippen LogP contribution in [0.1, 0.15) is 42.4 Å². The van der Waals surface area contributed by atoms with Crippen molar-refractivity contribution in [1.29, 1.82) is 0 Å². The summed E-state index contributed by atoms with van der Waals surface area (Å²) in [7, 11) is 0. The monoisotopic (exact) mass is 224 g/mol. The number of aryl methyl sites for hydroxylation is 1. The Hall–Kier alpha value is -1.04. The summed E-state index contributed by atoms with van der Waals surface area (Å²) in [6.45, 7) is 2.29. The maximum absolute atomic E-state index is 2.52. The van der Waals surface area contributed by atoms with Crippen molar-refractivity contribution in [3.63, 3.8) is 0 Å². The highest BCUT2D eigenvalue weighted by molar-refractivity contribution is 5.45. The van der Waals surface area contributed by atoms with E-state index in [1.54, 1.807) is 11.1 Å². The molecule has 1 aromatic carbocycles. The minimum Gasteiger partial charge on any atom is -0.0851 e. The summed E-state index contributed by atoms with van der Waals surface area (Å²) in [5, 5.41) is 0. The highest BCUT2D eigenvalue weighted by Crippen LogP contribution is 2.58. The zero-order valence-corrected chi connectivity index (χ0v) is 10.6. The smallest absolute Gasteiger partial charge is 0.00244 e. The van der Waals surface area contributed by atoms with E-state index in [0.29, 0.717) is 5.41 Å². The Morgan fingerprint density at radius 2 is 2.18 bits per heavy atom. The first-order valence-corrected chi connectivity index (χ1v) is 7.07. The first-order chi connectivity index (χ1) is 8.29. The highest BCUT2D eigenvalue weighted by Gasteiger charge is 2.50. The molecule has 0 amide bonds. The lowest BCUT2D eigenvalue weighted by Crippen LogP contribution is -2.35. The minimum atomic E-state index is 0.527. The second-order valence-corrected chi connectivity index (χ2v) is 6.30. The zero-order valence-electron chi connectivity index (χ0n) is 10.6. The SMILES string of the molecule is Cc1cccc2c1CCCC21CC2C=CC1C2. The summed E-state index contributed by atoms with van der Waals surface area (Å²) >= 11 is 0. The van der Waals surface area contributed by atoms with Crippen LogP contribution in [0, 0.1) is 18.8 Å². The molecular formula is C17H20. The van der Waals surface area contributed by atoms with E-state index in [0.717, 1.165) is 11.8 Å². The fourth-order valence-corrected chi connectivity index (χ4v) is 4.77. The average molecular weight is 224 g/mol. The van der Waals surface area contributed by atoms with E-state index in [-0.39, 0.29) is 0 Å². The van der Waals surface area contributed by atoms with Crippen LogP contribution in [0.5, 0.6) is 0 Å². The third-order valence-corrected chi connectivity index (χ3v) is 5.50. The van der Waals surface area contributed by atoms with Crippen LogP contribution in [0.4, 0.5) is 0 Å². The summed E-state index contributed by atoms with van der Waals surface area (Å²) in [5.74, 6) is 1.72. The van der Waals surface area contributed by atoms with Crippen LogP contribution in [0.15, 0.2) is 30.4 Å². The Morgan fingerprint density at radius 3 is 2.94 bits per heavy atom. The van der Waals surface area contributed by atoms with Crippen molar-refractivity contribution in [2.45, 2.75) is 44.4 Å². The van der Waals surface area contributed by atoms with Crippen LogP contribution < -0.4 is 0 Å². The Morgan fingerprint density at radius 1 is 1.24 bits per heavy atom. The first kappa shape index (κ1) is 9.94. The lowest BCUT2D eigenvalue weighted by molar-refractivity contribution is 0.303. The molecule has 0 heteroatoms. The van der Waals surface area contributed by atoms with Crippen LogP contribution >= 0.6 is 0 Å². The van der Waals surface area contributed by atoms with Crippen LogP contribution in [0.25, 0.3) is 0 Å². The molecule has 0 aromatic heterocycles. The first-order valence-electron chi connectivity index (χ1n) is 7.07. The molecule has 0 N–H and O–H groups in total. The minimum absolute atomic E-state index is 0.527. The number of allylic oxidation sites excluding steroid dienone is 2. The Kier molecular flexibility index (Phi) is 1.90. The van der Waals surface area contributed by atoms with Crippen LogP contribution in [-0.2, 0) is 11.8 Å². The van der Waals surface area contributed by atoms with Crippen molar-refractivity contribution < 1.29 is 0 Å². The van der Waals surface area contributed by atoms with Crippen LogP contribution in [-0.4, -0.2) is 0 Å². The standard InChI is InChI=1S/C17H20/c1-12-4-2-6-16-15(12)5-3-9-17(16)11-13-7-8-14(17)10-13/h2,4,6-8,13-14H,3,5,9-11H2,1H3. The van der Waals surface area contributed by atoms with Gasteiger partial charge in [-0.05, 0) is 67.6 Å². The second kappa shape index (κ2) is 3.25. The van der Waals surface area contributed by atoms with Gasteiger partial charge in [-0.2, -0.15) is 0 Å². The van der Waals surface area contributed by atoms with Gasteiger partial charge in [0.05, 0.1) is 0 Å². The van der Waals surface area contributed by atoms with E-state index in [2.05, 4.69) is 37.3 Å². The van der Waals surface area contributed by atoms with Gasteiger partial charge in [0.2, 0.25) is 0 Å². The number of rotatable bonds is 0. The number of hydrogen-bond acceptors (Lipinski definition) is 0. The molecule has 3 aliphatic carbocycles. The van der Waals surface area contributed by atoms with Crippen molar-refractivity contribution in [1.82, 2.24) is 0 Å². The van der Waals surface area contributed by atoms with Gasteiger partial charge in [-0.15, -0.1) is 0 Å². The zero-order chi connectivity index (χ0) is 11.5. The van der Waals surface area contributed by atoms with Gasteiger partial charge in [0.25, 0.3) is 0 Å². The quantitative estimate of drug-likeness (QED) is 0.580. The molecule has 4 rings (SSSR count). The van der Waals surface area contributed by atoms with Gasteiger partial charge in [0.15, 0.2) is 0 Å². The van der Waals surface area contributed by atoms with Gasteiger partial charge in [0, 0.05) is 5.41 Å². The molecular weight excluding hydrogens is 204 g/mol. The Bertz CT molecular complexity index is 497. The van der Waals surface area contributed by atoms with Gasteiger partial charge >= 0.3 is 0 Å². The number of hydrogen-bond donors (Lipinski definition) is 0. The molecule has 1 fully saturated rings. The normalized spacial score (nSPS) is 37.7. The van der Waals surface area contributed by atoms with Crippen molar-refractivity contribution in [3.8, 4) is 0 Å². The van der Waals surface area contributed by atoms with Crippen LogP contribution in [0.2, 0.25) is 0 Å². The summed E-state index contributed by atoms with van der Waals surface area (Å²) < 4.78 is 0. The molecule has 2 bridgehead atoms. The third-order valence-electron chi connectivity index (χ3n) is 5.50. The topological polar surface area (TPSA) is 0 Å². The molecule has 0 nitrogen and oxygen atoms in total. The van der Waals surface area contributed by atoms with Gasteiger partial charge in [-0.1, -0.05) is 30.4 Å². The Labute approximate surface area is 104 Å². The average Bonchev–Trinajstić information content (AvgIpc) is 2.92. The molecule has 1 saturated carbocycles. The third kappa shape index (κ3) is 1.19. The highest BCUT2D eigenvalue weighted by atomic mass is 14.5. The van der Waals surface area contributed by atoms with Crippen LogP contribution in [0.3, 0.4) is 0 Å². The fraction of sp³-hybridized carbons (Fsp3) is 0.529. The van der Waals surface area contributed by atoms with Gasteiger partial charge in [-0.3, -0.25) is 0 Å².